The van der Waals surface area contributed by atoms with Crippen LogP contribution in [-0.2, 0) is 4.79 Å². The summed E-state index contributed by atoms with van der Waals surface area (Å²) in [6.45, 7) is 1.92. The molecule has 0 unspecified atom stereocenters. The Morgan fingerprint density at radius 2 is 1.95 bits per heavy atom. The van der Waals surface area contributed by atoms with Gasteiger partial charge in [0.2, 0.25) is 5.91 Å². The fraction of sp³-hybridized carbons (Fsp3) is 0.118. The van der Waals surface area contributed by atoms with E-state index in [1.54, 1.807) is 24.3 Å². The summed E-state index contributed by atoms with van der Waals surface area (Å²) in [5, 5.41) is 3.55. The molecule has 0 aromatic heterocycles. The van der Waals surface area contributed by atoms with E-state index in [1.807, 2.05) is 37.3 Å². The minimum Gasteiger partial charge on any atom is -0.399 e. The third-order valence-corrected chi connectivity index (χ3v) is 3.31. The number of halogens is 1. The van der Waals surface area contributed by atoms with E-state index in [4.69, 9.17) is 17.3 Å². The first kappa shape index (κ1) is 15.1. The Bertz CT molecular complexity index is 650. The van der Waals surface area contributed by atoms with Gasteiger partial charge in [-0.3, -0.25) is 4.79 Å². The number of anilines is 1. The highest BCUT2D eigenvalue weighted by Gasteiger charge is 2.07. The zero-order valence-electron chi connectivity index (χ0n) is 11.7. The Kier molecular flexibility index (Phi) is 5.01. The van der Waals surface area contributed by atoms with Gasteiger partial charge in [-0.2, -0.15) is 0 Å². The molecule has 0 saturated heterocycles. The maximum atomic E-state index is 11.9. The van der Waals surface area contributed by atoms with Gasteiger partial charge in [0.15, 0.2) is 0 Å². The lowest BCUT2D eigenvalue weighted by Gasteiger charge is -2.13. The van der Waals surface area contributed by atoms with Crippen LogP contribution in [0.3, 0.4) is 0 Å². The summed E-state index contributed by atoms with van der Waals surface area (Å²) < 4.78 is 0. The van der Waals surface area contributed by atoms with E-state index < -0.39 is 0 Å². The Labute approximate surface area is 129 Å². The summed E-state index contributed by atoms with van der Waals surface area (Å²) in [6, 6.07) is 14.7. The third kappa shape index (κ3) is 4.65. The molecular formula is C17H17ClN2O. The van der Waals surface area contributed by atoms with E-state index in [0.717, 1.165) is 11.1 Å². The van der Waals surface area contributed by atoms with Gasteiger partial charge in [-0.05, 0) is 48.4 Å². The Morgan fingerprint density at radius 1 is 1.24 bits per heavy atom. The summed E-state index contributed by atoms with van der Waals surface area (Å²) in [4.78, 5) is 11.9. The maximum absolute atomic E-state index is 11.9. The number of nitrogens with one attached hydrogen (secondary N) is 1. The molecule has 0 heterocycles. The first-order valence-corrected chi connectivity index (χ1v) is 7.02. The molecule has 0 bridgehead atoms. The van der Waals surface area contributed by atoms with Crippen LogP contribution in [0.1, 0.15) is 24.1 Å². The van der Waals surface area contributed by atoms with E-state index in [1.165, 1.54) is 6.08 Å². The molecule has 0 radical (unpaired) electrons. The van der Waals surface area contributed by atoms with Crippen LogP contribution < -0.4 is 11.1 Å². The van der Waals surface area contributed by atoms with Crippen molar-refractivity contribution in [3.05, 3.63) is 70.8 Å². The predicted octanol–water partition coefficient (Wildman–Crippen LogP) is 3.81. The zero-order chi connectivity index (χ0) is 15.2. The fourth-order valence-electron chi connectivity index (χ4n) is 1.90. The Morgan fingerprint density at radius 3 is 2.62 bits per heavy atom. The highest BCUT2D eigenvalue weighted by atomic mass is 35.5. The molecule has 108 valence electrons. The van der Waals surface area contributed by atoms with Crippen LogP contribution >= 0.6 is 11.6 Å². The van der Waals surface area contributed by atoms with Crippen molar-refractivity contribution >= 4 is 29.3 Å². The molecule has 2 rings (SSSR count). The van der Waals surface area contributed by atoms with Crippen molar-refractivity contribution in [3.63, 3.8) is 0 Å². The average molecular weight is 301 g/mol. The second-order valence-corrected chi connectivity index (χ2v) is 5.22. The van der Waals surface area contributed by atoms with Crippen LogP contribution in [0.15, 0.2) is 54.6 Å². The van der Waals surface area contributed by atoms with Gasteiger partial charge in [0.1, 0.15) is 0 Å². The lowest BCUT2D eigenvalue weighted by molar-refractivity contribution is -0.117. The van der Waals surface area contributed by atoms with Crippen LogP contribution in [0.4, 0.5) is 5.69 Å². The molecule has 0 aliphatic heterocycles. The molecule has 1 amide bonds. The van der Waals surface area contributed by atoms with Crippen LogP contribution in [-0.4, -0.2) is 5.91 Å². The van der Waals surface area contributed by atoms with Crippen molar-refractivity contribution in [2.75, 3.05) is 5.73 Å². The number of amides is 1. The molecule has 21 heavy (non-hydrogen) atoms. The molecule has 2 aromatic carbocycles. The highest BCUT2D eigenvalue weighted by molar-refractivity contribution is 6.30. The van der Waals surface area contributed by atoms with Crippen molar-refractivity contribution in [2.24, 2.45) is 0 Å². The summed E-state index contributed by atoms with van der Waals surface area (Å²) >= 11 is 5.94. The van der Waals surface area contributed by atoms with Crippen molar-refractivity contribution < 1.29 is 4.79 Å². The minimum absolute atomic E-state index is 0.104. The highest BCUT2D eigenvalue weighted by Crippen LogP contribution is 2.17. The van der Waals surface area contributed by atoms with Crippen LogP contribution in [0.5, 0.6) is 0 Å². The smallest absolute Gasteiger partial charge is 0.244 e. The number of carbonyl (C=O) groups is 1. The molecule has 0 aliphatic rings. The topological polar surface area (TPSA) is 55.1 Å². The zero-order valence-corrected chi connectivity index (χ0v) is 12.5. The van der Waals surface area contributed by atoms with Gasteiger partial charge < -0.3 is 11.1 Å². The fourth-order valence-corrected chi connectivity index (χ4v) is 2.10. The summed E-state index contributed by atoms with van der Waals surface area (Å²) in [5.74, 6) is -0.153. The van der Waals surface area contributed by atoms with Crippen molar-refractivity contribution in [1.29, 1.82) is 0 Å². The second kappa shape index (κ2) is 6.95. The van der Waals surface area contributed by atoms with Gasteiger partial charge in [0.05, 0.1) is 6.04 Å². The second-order valence-electron chi connectivity index (χ2n) is 4.79. The van der Waals surface area contributed by atoms with Crippen molar-refractivity contribution in [3.8, 4) is 0 Å². The standard InChI is InChI=1S/C17H17ClN2O/c1-12(14-3-2-4-15(18)11-14)20-17(21)10-7-13-5-8-16(19)9-6-13/h2-12H,19H2,1H3,(H,20,21)/b10-7+/t12-/m1/s1. The molecule has 2 aromatic rings. The number of hydrogen-bond donors (Lipinski definition) is 2. The number of hydrogen-bond acceptors (Lipinski definition) is 2. The van der Waals surface area contributed by atoms with E-state index in [9.17, 15) is 4.79 Å². The first-order valence-electron chi connectivity index (χ1n) is 6.64. The Hall–Kier alpha value is -2.26. The normalized spacial score (nSPS) is 12.3. The number of nitrogens with two attached hydrogens (primary N) is 1. The van der Waals surface area contributed by atoms with Crippen LogP contribution in [0.25, 0.3) is 6.08 Å². The van der Waals surface area contributed by atoms with Gasteiger partial charge in [0, 0.05) is 16.8 Å². The molecule has 3 nitrogen and oxygen atoms in total. The summed E-state index contributed by atoms with van der Waals surface area (Å²) in [5.41, 5.74) is 8.21. The molecular weight excluding hydrogens is 284 g/mol. The minimum atomic E-state index is -0.153. The SMILES string of the molecule is C[C@@H](NC(=O)/C=C/c1ccc(N)cc1)c1cccc(Cl)c1. The monoisotopic (exact) mass is 300 g/mol. The van der Waals surface area contributed by atoms with E-state index in [2.05, 4.69) is 5.32 Å². The van der Waals surface area contributed by atoms with Crippen molar-refractivity contribution in [1.82, 2.24) is 5.32 Å². The predicted molar refractivity (Wildman–Crippen MR) is 87.9 cm³/mol. The van der Waals surface area contributed by atoms with E-state index in [-0.39, 0.29) is 11.9 Å². The summed E-state index contributed by atoms with van der Waals surface area (Å²) in [6.07, 6.45) is 3.26. The lowest BCUT2D eigenvalue weighted by atomic mass is 10.1. The average Bonchev–Trinajstić information content (AvgIpc) is 2.46. The number of benzene rings is 2. The molecule has 4 heteroatoms. The number of nitrogen functional groups attached to an aromatic ring is 1. The number of rotatable bonds is 4. The quantitative estimate of drug-likeness (QED) is 0.666. The van der Waals surface area contributed by atoms with Crippen LogP contribution in [0.2, 0.25) is 5.02 Å². The maximum Gasteiger partial charge on any atom is 0.244 e. The largest absolute Gasteiger partial charge is 0.399 e. The molecule has 0 aliphatic carbocycles. The summed E-state index contributed by atoms with van der Waals surface area (Å²) in [7, 11) is 0. The lowest BCUT2D eigenvalue weighted by Crippen LogP contribution is -2.24. The Balaban J connectivity index is 1.96. The van der Waals surface area contributed by atoms with Gasteiger partial charge >= 0.3 is 0 Å². The first-order chi connectivity index (χ1) is 10.0. The third-order valence-electron chi connectivity index (χ3n) is 3.07. The van der Waals surface area contributed by atoms with Gasteiger partial charge in [0.25, 0.3) is 0 Å². The molecule has 0 fully saturated rings. The van der Waals surface area contributed by atoms with Gasteiger partial charge in [-0.1, -0.05) is 35.9 Å². The van der Waals surface area contributed by atoms with Crippen molar-refractivity contribution in [2.45, 2.75) is 13.0 Å². The van der Waals surface area contributed by atoms with Gasteiger partial charge in [-0.15, -0.1) is 0 Å². The molecule has 3 N–H and O–H groups in total. The van der Waals surface area contributed by atoms with E-state index in [0.29, 0.717) is 10.7 Å². The molecule has 1 atom stereocenters. The van der Waals surface area contributed by atoms with Crippen LogP contribution in [0, 0.1) is 0 Å². The van der Waals surface area contributed by atoms with Gasteiger partial charge in [-0.25, -0.2) is 0 Å². The molecule has 0 spiro atoms. The number of carbonyl (C=O) groups excluding carboxylic acids is 1. The van der Waals surface area contributed by atoms with E-state index >= 15 is 0 Å². The molecule has 0 saturated carbocycles.